The Kier molecular flexibility index (Phi) is 6.39. The lowest BCUT2D eigenvalue weighted by Crippen LogP contribution is -2.05. The number of hydrogen-bond acceptors (Lipinski definition) is 2. The largest absolute Gasteiger partial charge is 0.494 e. The third-order valence-electron chi connectivity index (χ3n) is 4.24. The maximum Gasteiger partial charge on any atom is 0.307 e. The molecule has 0 bridgehead atoms. The molecule has 0 unspecified atom stereocenters. The van der Waals surface area contributed by atoms with Crippen molar-refractivity contribution in [1.82, 2.24) is 4.57 Å². The normalized spacial score (nSPS) is 10.3. The molecule has 3 aromatic rings. The number of carboxylic acids is 1. The van der Waals surface area contributed by atoms with Gasteiger partial charge >= 0.3 is 5.97 Å². The molecular formula is C21H24FNO3. The molecule has 26 heavy (non-hydrogen) atoms. The van der Waals surface area contributed by atoms with E-state index in [1.54, 1.807) is 6.07 Å². The van der Waals surface area contributed by atoms with E-state index in [4.69, 9.17) is 4.74 Å². The van der Waals surface area contributed by atoms with Gasteiger partial charge in [-0.1, -0.05) is 44.2 Å². The Bertz CT molecular complexity index is 901. The first-order valence-electron chi connectivity index (χ1n) is 8.62. The average molecular weight is 357 g/mol. The topological polar surface area (TPSA) is 51.5 Å². The van der Waals surface area contributed by atoms with E-state index < -0.39 is 11.8 Å². The third kappa shape index (κ3) is 3.87. The lowest BCUT2D eigenvalue weighted by molar-refractivity contribution is -0.136. The number of carboxylic acid groups (broad SMARTS) is 1. The molecule has 2 aromatic carbocycles. The van der Waals surface area contributed by atoms with Crippen LogP contribution in [0.4, 0.5) is 4.39 Å². The first-order valence-corrected chi connectivity index (χ1v) is 8.62. The highest BCUT2D eigenvalue weighted by molar-refractivity contribution is 5.90. The Morgan fingerprint density at radius 3 is 2.42 bits per heavy atom. The summed E-state index contributed by atoms with van der Waals surface area (Å²) >= 11 is 0. The molecule has 1 heterocycles. The SMILES string of the molecule is CC.COc1cc2c(CC(=O)O)c(C)n(Cc3ccccc3)c2cc1F. The molecule has 0 radical (unpaired) electrons. The number of halogens is 1. The van der Waals surface area contributed by atoms with Gasteiger partial charge in [0, 0.05) is 23.7 Å². The van der Waals surface area contributed by atoms with Crippen LogP contribution in [-0.4, -0.2) is 22.8 Å². The monoisotopic (exact) mass is 357 g/mol. The zero-order valence-corrected chi connectivity index (χ0v) is 15.5. The lowest BCUT2D eigenvalue weighted by atomic mass is 10.1. The van der Waals surface area contributed by atoms with Crippen LogP contribution in [-0.2, 0) is 17.8 Å². The van der Waals surface area contributed by atoms with Gasteiger partial charge in [0.05, 0.1) is 19.0 Å². The number of benzene rings is 2. The van der Waals surface area contributed by atoms with Crippen LogP contribution in [0.1, 0.15) is 30.7 Å². The molecule has 5 heteroatoms. The standard InChI is InChI=1S/C19H18FNO3.C2H6/c1-12-14(9-19(22)23)15-8-18(24-2)16(20)10-17(15)21(12)11-13-6-4-3-5-7-13;1-2/h3-8,10H,9,11H2,1-2H3,(H,22,23);1-2H3. The molecule has 1 aromatic heterocycles. The summed E-state index contributed by atoms with van der Waals surface area (Å²) in [5.41, 5.74) is 3.25. The van der Waals surface area contributed by atoms with Crippen LogP contribution in [0.2, 0.25) is 0 Å². The van der Waals surface area contributed by atoms with Crippen LogP contribution in [0.15, 0.2) is 42.5 Å². The van der Waals surface area contributed by atoms with Gasteiger partial charge < -0.3 is 14.4 Å². The van der Waals surface area contributed by atoms with Crippen molar-refractivity contribution in [2.24, 2.45) is 0 Å². The molecule has 0 saturated heterocycles. The predicted molar refractivity (Wildman–Crippen MR) is 101 cm³/mol. The molecule has 0 aliphatic carbocycles. The molecule has 0 saturated carbocycles. The third-order valence-corrected chi connectivity index (χ3v) is 4.24. The number of ether oxygens (including phenoxy) is 1. The first kappa shape index (κ1) is 19.5. The summed E-state index contributed by atoms with van der Waals surface area (Å²) in [6, 6.07) is 12.8. The molecule has 0 aliphatic heterocycles. The van der Waals surface area contributed by atoms with Crippen LogP contribution >= 0.6 is 0 Å². The minimum atomic E-state index is -0.917. The second-order valence-corrected chi connectivity index (χ2v) is 5.71. The molecule has 0 atom stereocenters. The van der Waals surface area contributed by atoms with Gasteiger partial charge in [0.25, 0.3) is 0 Å². The molecule has 138 valence electrons. The summed E-state index contributed by atoms with van der Waals surface area (Å²) in [5.74, 6) is -1.26. The average Bonchev–Trinajstić information content (AvgIpc) is 2.88. The van der Waals surface area contributed by atoms with Crippen molar-refractivity contribution >= 4 is 16.9 Å². The molecule has 0 amide bonds. The molecule has 0 aliphatic rings. The van der Waals surface area contributed by atoms with E-state index in [0.29, 0.717) is 23.0 Å². The van der Waals surface area contributed by atoms with Crippen LogP contribution in [0, 0.1) is 12.7 Å². The van der Waals surface area contributed by atoms with Gasteiger partial charge in [0.15, 0.2) is 11.6 Å². The Hall–Kier alpha value is -2.82. The van der Waals surface area contributed by atoms with Crippen LogP contribution in [0.3, 0.4) is 0 Å². The number of aromatic nitrogens is 1. The quantitative estimate of drug-likeness (QED) is 0.714. The van der Waals surface area contributed by atoms with E-state index in [1.165, 1.54) is 13.2 Å². The number of aliphatic carboxylic acids is 1. The number of hydrogen-bond donors (Lipinski definition) is 1. The summed E-state index contributed by atoms with van der Waals surface area (Å²) in [6.07, 6.45) is -0.112. The van der Waals surface area contributed by atoms with Crippen molar-refractivity contribution in [3.8, 4) is 5.75 Å². The second kappa shape index (κ2) is 8.52. The van der Waals surface area contributed by atoms with E-state index in [9.17, 15) is 14.3 Å². The summed E-state index contributed by atoms with van der Waals surface area (Å²) in [5, 5.41) is 9.93. The Morgan fingerprint density at radius 1 is 1.19 bits per heavy atom. The predicted octanol–water partition coefficient (Wildman–Crippen LogP) is 4.80. The highest BCUT2D eigenvalue weighted by Gasteiger charge is 2.19. The van der Waals surface area contributed by atoms with Crippen molar-refractivity contribution in [3.05, 3.63) is 65.1 Å². The van der Waals surface area contributed by atoms with Gasteiger partial charge in [-0.05, 0) is 24.1 Å². The van der Waals surface area contributed by atoms with Crippen molar-refractivity contribution in [2.45, 2.75) is 33.7 Å². The fraction of sp³-hybridized carbons (Fsp3) is 0.286. The van der Waals surface area contributed by atoms with E-state index in [0.717, 1.165) is 11.3 Å². The van der Waals surface area contributed by atoms with Gasteiger partial charge in [-0.3, -0.25) is 4.79 Å². The Morgan fingerprint density at radius 2 is 1.85 bits per heavy atom. The fourth-order valence-corrected chi connectivity index (χ4v) is 3.05. The number of rotatable bonds is 5. The smallest absolute Gasteiger partial charge is 0.307 e. The number of fused-ring (bicyclic) bond motifs is 1. The highest BCUT2D eigenvalue weighted by atomic mass is 19.1. The van der Waals surface area contributed by atoms with Gasteiger partial charge in [0.2, 0.25) is 0 Å². The summed E-state index contributed by atoms with van der Waals surface area (Å²) in [6.45, 7) is 6.42. The summed E-state index contributed by atoms with van der Waals surface area (Å²) in [7, 11) is 1.40. The Balaban J connectivity index is 0.00000117. The number of nitrogens with zero attached hydrogens (tertiary/aromatic N) is 1. The second-order valence-electron chi connectivity index (χ2n) is 5.71. The van der Waals surface area contributed by atoms with Crippen LogP contribution < -0.4 is 4.74 Å². The van der Waals surface area contributed by atoms with Crippen molar-refractivity contribution in [2.75, 3.05) is 7.11 Å². The summed E-state index contributed by atoms with van der Waals surface area (Å²) < 4.78 is 21.2. The van der Waals surface area contributed by atoms with Gasteiger partial charge in [-0.15, -0.1) is 0 Å². The Labute approximate surface area is 152 Å². The van der Waals surface area contributed by atoms with Crippen molar-refractivity contribution in [1.29, 1.82) is 0 Å². The minimum Gasteiger partial charge on any atom is -0.494 e. The zero-order chi connectivity index (χ0) is 19.3. The molecule has 1 N–H and O–H groups in total. The molecular weight excluding hydrogens is 333 g/mol. The maximum absolute atomic E-state index is 14.2. The maximum atomic E-state index is 14.2. The molecule has 4 nitrogen and oxygen atoms in total. The van der Waals surface area contributed by atoms with E-state index in [-0.39, 0.29) is 12.2 Å². The van der Waals surface area contributed by atoms with Gasteiger partial charge in [-0.2, -0.15) is 0 Å². The van der Waals surface area contributed by atoms with Crippen LogP contribution in [0.5, 0.6) is 5.75 Å². The van der Waals surface area contributed by atoms with Crippen molar-refractivity contribution in [3.63, 3.8) is 0 Å². The van der Waals surface area contributed by atoms with E-state index >= 15 is 0 Å². The lowest BCUT2D eigenvalue weighted by Gasteiger charge is -2.09. The van der Waals surface area contributed by atoms with Crippen LogP contribution in [0.25, 0.3) is 10.9 Å². The minimum absolute atomic E-state index is 0.112. The van der Waals surface area contributed by atoms with E-state index in [1.807, 2.05) is 55.7 Å². The molecule has 3 rings (SSSR count). The molecule has 0 spiro atoms. The number of methoxy groups -OCH3 is 1. The first-order chi connectivity index (χ1) is 12.5. The molecule has 0 fully saturated rings. The van der Waals surface area contributed by atoms with Gasteiger partial charge in [-0.25, -0.2) is 4.39 Å². The zero-order valence-electron chi connectivity index (χ0n) is 15.5. The van der Waals surface area contributed by atoms with Gasteiger partial charge in [0.1, 0.15) is 0 Å². The van der Waals surface area contributed by atoms with Crippen molar-refractivity contribution < 1.29 is 19.0 Å². The van der Waals surface area contributed by atoms with E-state index in [2.05, 4.69) is 0 Å². The fourth-order valence-electron chi connectivity index (χ4n) is 3.05. The number of carbonyl (C=O) groups is 1. The summed E-state index contributed by atoms with van der Waals surface area (Å²) in [4.78, 5) is 11.2. The highest BCUT2D eigenvalue weighted by Crippen LogP contribution is 2.32.